The second-order valence-electron chi connectivity index (χ2n) is 4.50. The Labute approximate surface area is 117 Å². The van der Waals surface area contributed by atoms with Crippen LogP contribution in [0, 0.1) is 0 Å². The normalized spacial score (nSPS) is 21.5. The first-order valence-corrected chi connectivity index (χ1v) is 6.41. The number of methoxy groups -OCH3 is 2. The Morgan fingerprint density at radius 3 is 1.50 bits per heavy atom. The van der Waals surface area contributed by atoms with Crippen molar-refractivity contribution in [2.24, 2.45) is 0 Å². The van der Waals surface area contributed by atoms with Gasteiger partial charge in [0.1, 0.15) is 0 Å². The molecule has 20 heavy (non-hydrogen) atoms. The lowest BCUT2D eigenvalue weighted by Crippen LogP contribution is -2.17. The fourth-order valence-corrected chi connectivity index (χ4v) is 2.43. The molecule has 0 saturated carbocycles. The maximum atomic E-state index is 5.37. The van der Waals surface area contributed by atoms with E-state index in [-0.39, 0.29) is 0 Å². The molecular weight excluding hydrogens is 256 g/mol. The topological polar surface area (TPSA) is 36.9 Å². The van der Waals surface area contributed by atoms with E-state index in [0.29, 0.717) is 0 Å². The molecule has 1 aliphatic heterocycles. The summed E-state index contributed by atoms with van der Waals surface area (Å²) < 4.78 is 10.7. The van der Waals surface area contributed by atoms with Gasteiger partial charge in [-0.3, -0.25) is 0 Å². The predicted octanol–water partition coefficient (Wildman–Crippen LogP) is 3.61. The summed E-state index contributed by atoms with van der Waals surface area (Å²) in [4.78, 5) is 10.7. The Balaban J connectivity index is 2.22. The highest BCUT2D eigenvalue weighted by molar-refractivity contribution is 5.71. The van der Waals surface area contributed by atoms with Gasteiger partial charge in [-0.25, -0.2) is 0 Å². The summed E-state index contributed by atoms with van der Waals surface area (Å²) in [6.07, 6.45) is -1.17. The summed E-state index contributed by atoms with van der Waals surface area (Å²) in [5, 5.41) is 0. The Morgan fingerprint density at radius 1 is 0.700 bits per heavy atom. The molecule has 0 aliphatic carbocycles. The summed E-state index contributed by atoms with van der Waals surface area (Å²) in [6, 6.07) is 15.9. The quantitative estimate of drug-likeness (QED) is 0.783. The van der Waals surface area contributed by atoms with Crippen molar-refractivity contribution in [3.8, 4) is 11.1 Å². The van der Waals surface area contributed by atoms with Gasteiger partial charge in [0.2, 0.25) is 12.6 Å². The highest BCUT2D eigenvalue weighted by Gasteiger charge is 2.26. The van der Waals surface area contributed by atoms with Crippen LogP contribution in [0.25, 0.3) is 11.1 Å². The molecular formula is C16H16O4. The van der Waals surface area contributed by atoms with Crippen molar-refractivity contribution < 1.29 is 19.2 Å². The first kappa shape index (κ1) is 13.3. The number of ether oxygens (including phenoxy) is 2. The molecule has 2 aromatic rings. The molecule has 0 spiro atoms. The zero-order chi connectivity index (χ0) is 13.9. The van der Waals surface area contributed by atoms with Crippen molar-refractivity contribution in [2.45, 2.75) is 12.6 Å². The predicted molar refractivity (Wildman–Crippen MR) is 73.5 cm³/mol. The highest BCUT2D eigenvalue weighted by atomic mass is 17.2. The van der Waals surface area contributed by atoms with E-state index in [0.717, 1.165) is 22.3 Å². The fraction of sp³-hybridized carbons (Fsp3) is 0.250. The number of hydrogen-bond acceptors (Lipinski definition) is 4. The molecule has 0 bridgehead atoms. The highest BCUT2D eigenvalue weighted by Crippen LogP contribution is 2.39. The van der Waals surface area contributed by atoms with Gasteiger partial charge in [-0.15, -0.1) is 0 Å². The number of hydrogen-bond donors (Lipinski definition) is 0. The van der Waals surface area contributed by atoms with E-state index in [1.54, 1.807) is 14.2 Å². The van der Waals surface area contributed by atoms with E-state index in [9.17, 15) is 0 Å². The Morgan fingerprint density at radius 2 is 1.10 bits per heavy atom. The third-order valence-electron chi connectivity index (χ3n) is 3.38. The van der Waals surface area contributed by atoms with Crippen LogP contribution in [0.4, 0.5) is 0 Å². The molecule has 0 radical (unpaired) electrons. The van der Waals surface area contributed by atoms with Crippen molar-refractivity contribution >= 4 is 0 Å². The second kappa shape index (κ2) is 5.73. The maximum absolute atomic E-state index is 5.37. The van der Waals surface area contributed by atoms with Crippen LogP contribution in [0.2, 0.25) is 0 Å². The smallest absolute Gasteiger partial charge is 0.217 e. The van der Waals surface area contributed by atoms with Gasteiger partial charge in [0.05, 0.1) is 0 Å². The minimum absolute atomic E-state index is 0.586. The molecule has 0 amide bonds. The minimum atomic E-state index is -0.586. The third-order valence-corrected chi connectivity index (χ3v) is 3.38. The molecule has 0 unspecified atom stereocenters. The van der Waals surface area contributed by atoms with E-state index in [4.69, 9.17) is 19.2 Å². The van der Waals surface area contributed by atoms with Gasteiger partial charge in [-0.1, -0.05) is 48.5 Å². The van der Waals surface area contributed by atoms with Crippen molar-refractivity contribution in [2.75, 3.05) is 14.2 Å². The van der Waals surface area contributed by atoms with Crippen molar-refractivity contribution in [3.05, 3.63) is 59.7 Å². The Kier molecular flexibility index (Phi) is 3.80. The summed E-state index contributed by atoms with van der Waals surface area (Å²) in [5.74, 6) is 0. The molecule has 1 heterocycles. The van der Waals surface area contributed by atoms with Crippen LogP contribution < -0.4 is 0 Å². The standard InChI is InChI=1S/C16H16O4/c1-17-15-13-9-5-3-7-11(13)12-8-4-6-10-14(12)16(18-2)20-19-15/h3-10,15-16H,1-2H3/t15-,16+. The Bertz CT molecular complexity index is 543. The first-order chi connectivity index (χ1) is 9.85. The molecule has 4 heteroatoms. The maximum Gasteiger partial charge on any atom is 0.217 e. The zero-order valence-corrected chi connectivity index (χ0v) is 11.4. The van der Waals surface area contributed by atoms with Crippen molar-refractivity contribution in [1.82, 2.24) is 0 Å². The van der Waals surface area contributed by atoms with Crippen molar-refractivity contribution in [1.29, 1.82) is 0 Å². The van der Waals surface area contributed by atoms with Crippen LogP contribution in [0.15, 0.2) is 48.5 Å². The average molecular weight is 272 g/mol. The largest absolute Gasteiger partial charge is 0.349 e. The summed E-state index contributed by atoms with van der Waals surface area (Å²) in [6.45, 7) is 0. The van der Waals surface area contributed by atoms with Crippen LogP contribution in [-0.2, 0) is 19.2 Å². The van der Waals surface area contributed by atoms with Gasteiger partial charge in [0, 0.05) is 25.3 Å². The van der Waals surface area contributed by atoms with Gasteiger partial charge in [0.15, 0.2) is 0 Å². The van der Waals surface area contributed by atoms with Gasteiger partial charge >= 0.3 is 0 Å². The van der Waals surface area contributed by atoms with Gasteiger partial charge < -0.3 is 9.47 Å². The molecule has 2 atom stereocenters. The second-order valence-corrected chi connectivity index (χ2v) is 4.50. The van der Waals surface area contributed by atoms with E-state index in [1.165, 1.54) is 0 Å². The average Bonchev–Trinajstić information content (AvgIpc) is 2.50. The van der Waals surface area contributed by atoms with Crippen molar-refractivity contribution in [3.63, 3.8) is 0 Å². The monoisotopic (exact) mass is 272 g/mol. The minimum Gasteiger partial charge on any atom is -0.349 e. The van der Waals surface area contributed by atoms with Gasteiger partial charge in [-0.05, 0) is 11.1 Å². The lowest BCUT2D eigenvalue weighted by atomic mass is 9.94. The van der Waals surface area contributed by atoms with E-state index in [1.807, 2.05) is 48.5 Å². The van der Waals surface area contributed by atoms with Crippen LogP contribution in [0.1, 0.15) is 23.7 Å². The van der Waals surface area contributed by atoms with E-state index < -0.39 is 12.6 Å². The number of benzene rings is 2. The molecule has 0 aromatic heterocycles. The fourth-order valence-electron chi connectivity index (χ4n) is 2.43. The van der Waals surface area contributed by atoms with E-state index in [2.05, 4.69) is 0 Å². The van der Waals surface area contributed by atoms with Crippen LogP contribution in [0.5, 0.6) is 0 Å². The molecule has 3 rings (SSSR count). The summed E-state index contributed by atoms with van der Waals surface area (Å²) >= 11 is 0. The third kappa shape index (κ3) is 2.23. The zero-order valence-electron chi connectivity index (χ0n) is 11.4. The van der Waals surface area contributed by atoms with Crippen LogP contribution >= 0.6 is 0 Å². The SMILES string of the molecule is CO[C@@H]1OO[C@H](OC)c2ccccc2-c2ccccc21. The number of rotatable bonds is 2. The molecule has 0 fully saturated rings. The van der Waals surface area contributed by atoms with Crippen LogP contribution in [0.3, 0.4) is 0 Å². The molecule has 104 valence electrons. The summed E-state index contributed by atoms with van der Waals surface area (Å²) in [5.41, 5.74) is 3.97. The van der Waals surface area contributed by atoms with Crippen LogP contribution in [-0.4, -0.2) is 14.2 Å². The first-order valence-electron chi connectivity index (χ1n) is 6.41. The number of fused-ring (bicyclic) bond motifs is 3. The molecule has 1 aliphatic rings. The summed E-state index contributed by atoms with van der Waals surface area (Å²) in [7, 11) is 3.17. The van der Waals surface area contributed by atoms with Gasteiger partial charge in [-0.2, -0.15) is 9.78 Å². The molecule has 2 aromatic carbocycles. The van der Waals surface area contributed by atoms with Gasteiger partial charge in [0.25, 0.3) is 0 Å². The lowest BCUT2D eigenvalue weighted by Gasteiger charge is -2.27. The lowest BCUT2D eigenvalue weighted by molar-refractivity contribution is -0.437. The molecule has 0 N–H and O–H groups in total. The Hall–Kier alpha value is -1.72. The molecule has 0 saturated heterocycles. The van der Waals surface area contributed by atoms with E-state index >= 15 is 0 Å². The molecule has 4 nitrogen and oxygen atoms in total.